The average Bonchev–Trinajstić information content (AvgIpc) is 3.67. The summed E-state index contributed by atoms with van der Waals surface area (Å²) in [7, 11) is 0. The predicted octanol–water partition coefficient (Wildman–Crippen LogP) is 14.9. The normalized spacial score (nSPS) is 12.6. The van der Waals surface area contributed by atoms with Crippen molar-refractivity contribution in [3.05, 3.63) is 253 Å². The Kier molecular flexibility index (Phi) is 8.04. The second-order valence-electron chi connectivity index (χ2n) is 14.8. The first-order valence-electron chi connectivity index (χ1n) is 19.9. The first kappa shape index (κ1) is 33.7. The van der Waals surface area contributed by atoms with Crippen molar-refractivity contribution in [1.82, 2.24) is 0 Å². The molecule has 9 aromatic carbocycles. The highest BCUT2D eigenvalue weighted by Crippen LogP contribution is 2.58. The molecule has 1 heterocycles. The molecule has 3 heteroatoms. The summed E-state index contributed by atoms with van der Waals surface area (Å²) in [5.41, 5.74) is 14.3. The van der Waals surface area contributed by atoms with Crippen LogP contribution >= 0.6 is 0 Å². The van der Waals surface area contributed by atoms with E-state index < -0.39 is 5.41 Å². The average molecular weight is 743 g/mol. The summed E-state index contributed by atoms with van der Waals surface area (Å²) in [4.78, 5) is 4.66. The molecule has 58 heavy (non-hydrogen) atoms. The SMILES string of the molecule is c1ccc(N(c2ccccc2)c2ccc3c4c2oc2c(N(c5ccccc5)c5ccccc5)ccc(c24)C(c2ccccc2)(c2ccccc2)c2ccccc2-3)cc1. The molecule has 0 saturated carbocycles. The summed E-state index contributed by atoms with van der Waals surface area (Å²) in [5, 5.41) is 2.20. The van der Waals surface area contributed by atoms with Gasteiger partial charge in [0.2, 0.25) is 0 Å². The van der Waals surface area contributed by atoms with Gasteiger partial charge in [-0.15, -0.1) is 0 Å². The molecule has 3 nitrogen and oxygen atoms in total. The highest BCUT2D eigenvalue weighted by atomic mass is 16.3. The van der Waals surface area contributed by atoms with Gasteiger partial charge in [-0.2, -0.15) is 0 Å². The van der Waals surface area contributed by atoms with Gasteiger partial charge in [0.05, 0.1) is 16.8 Å². The molecule has 10 aromatic rings. The van der Waals surface area contributed by atoms with Gasteiger partial charge in [-0.1, -0.05) is 170 Å². The van der Waals surface area contributed by atoms with E-state index in [0.717, 1.165) is 61.6 Å². The molecule has 274 valence electrons. The summed E-state index contributed by atoms with van der Waals surface area (Å²) in [6.07, 6.45) is 0. The van der Waals surface area contributed by atoms with Crippen molar-refractivity contribution in [1.29, 1.82) is 0 Å². The number of fused-ring (bicyclic) bond motifs is 2. The van der Waals surface area contributed by atoms with Crippen LogP contribution in [-0.4, -0.2) is 0 Å². The Bertz CT molecular complexity index is 2920. The Balaban J connectivity index is 1.35. The largest absolute Gasteiger partial charge is 0.452 e. The fourth-order valence-electron chi connectivity index (χ4n) is 9.36. The zero-order valence-electron chi connectivity index (χ0n) is 31.7. The van der Waals surface area contributed by atoms with Gasteiger partial charge in [-0.05, 0) is 94.0 Å². The maximum absolute atomic E-state index is 7.62. The third-order valence-electron chi connectivity index (χ3n) is 11.7. The Hall–Kier alpha value is -7.62. The molecule has 0 saturated heterocycles. The molecule has 1 aliphatic carbocycles. The van der Waals surface area contributed by atoms with Crippen LogP contribution in [0.4, 0.5) is 34.1 Å². The molecule has 0 unspecified atom stereocenters. The van der Waals surface area contributed by atoms with E-state index in [9.17, 15) is 0 Å². The van der Waals surface area contributed by atoms with Crippen LogP contribution in [0.5, 0.6) is 0 Å². The van der Waals surface area contributed by atoms with Gasteiger partial charge in [-0.3, -0.25) is 0 Å². The smallest absolute Gasteiger partial charge is 0.160 e. The van der Waals surface area contributed by atoms with Crippen molar-refractivity contribution in [2.75, 3.05) is 9.80 Å². The van der Waals surface area contributed by atoms with Gasteiger partial charge < -0.3 is 14.2 Å². The Morgan fingerprint density at radius 3 is 1.14 bits per heavy atom. The van der Waals surface area contributed by atoms with E-state index in [1.165, 1.54) is 27.8 Å². The van der Waals surface area contributed by atoms with Crippen LogP contribution in [0.3, 0.4) is 0 Å². The summed E-state index contributed by atoms with van der Waals surface area (Å²) in [5.74, 6) is 0. The Labute approximate surface area is 338 Å². The molecule has 0 N–H and O–H groups in total. The van der Waals surface area contributed by atoms with E-state index in [1.54, 1.807) is 0 Å². The molecule has 0 radical (unpaired) electrons. The molecule has 0 fully saturated rings. The van der Waals surface area contributed by atoms with Gasteiger partial charge in [0, 0.05) is 33.5 Å². The summed E-state index contributed by atoms with van der Waals surface area (Å²) >= 11 is 0. The lowest BCUT2D eigenvalue weighted by atomic mass is 9.63. The molecule has 1 aromatic heterocycles. The van der Waals surface area contributed by atoms with E-state index in [0.29, 0.717) is 0 Å². The standard InChI is InChI=1S/C55H38N2O/c1-7-21-39(22-8-1)55(40-23-9-2-10-24-40)47-34-20-19-33-45(47)46-35-37-49(56(41-25-11-3-12-26-41)42-27-13-4-14-28-42)53-51(46)52-48(55)36-38-50(54(52)58-53)57(43-29-15-5-16-30-43)44-31-17-6-18-32-44/h1-38H. The van der Waals surface area contributed by atoms with Gasteiger partial charge in [0.25, 0.3) is 0 Å². The second-order valence-corrected chi connectivity index (χ2v) is 14.8. The minimum Gasteiger partial charge on any atom is -0.452 e. The monoisotopic (exact) mass is 742 g/mol. The lowest BCUT2D eigenvalue weighted by Gasteiger charge is -2.38. The number of anilines is 6. The zero-order chi connectivity index (χ0) is 38.5. The van der Waals surface area contributed by atoms with Crippen LogP contribution in [0.15, 0.2) is 235 Å². The first-order chi connectivity index (χ1) is 28.8. The molecule has 0 amide bonds. The highest BCUT2D eigenvalue weighted by molar-refractivity contribution is 6.22. The molecule has 11 rings (SSSR count). The van der Waals surface area contributed by atoms with E-state index in [2.05, 4.69) is 240 Å². The molecule has 1 aliphatic rings. The van der Waals surface area contributed by atoms with Crippen molar-refractivity contribution in [3.8, 4) is 11.1 Å². The van der Waals surface area contributed by atoms with Crippen molar-refractivity contribution >= 4 is 56.1 Å². The van der Waals surface area contributed by atoms with Crippen molar-refractivity contribution in [3.63, 3.8) is 0 Å². The molecule has 0 atom stereocenters. The van der Waals surface area contributed by atoms with Crippen LogP contribution in [0.2, 0.25) is 0 Å². The summed E-state index contributed by atoms with van der Waals surface area (Å²) < 4.78 is 7.62. The highest BCUT2D eigenvalue weighted by Gasteiger charge is 2.45. The summed E-state index contributed by atoms with van der Waals surface area (Å²) in [6.45, 7) is 0. The molecule has 0 bridgehead atoms. The van der Waals surface area contributed by atoms with E-state index in [1.807, 2.05) is 0 Å². The van der Waals surface area contributed by atoms with Crippen LogP contribution in [0.25, 0.3) is 33.1 Å². The van der Waals surface area contributed by atoms with Gasteiger partial charge in [-0.25, -0.2) is 0 Å². The number of hydrogen-bond donors (Lipinski definition) is 0. The zero-order valence-corrected chi connectivity index (χ0v) is 31.7. The number of hydrogen-bond acceptors (Lipinski definition) is 3. The quantitative estimate of drug-likeness (QED) is 0.155. The van der Waals surface area contributed by atoms with Gasteiger partial charge >= 0.3 is 0 Å². The van der Waals surface area contributed by atoms with Gasteiger partial charge in [0.15, 0.2) is 11.2 Å². The molecular weight excluding hydrogens is 705 g/mol. The number of para-hydroxylation sites is 4. The minimum absolute atomic E-state index is 0.686. The van der Waals surface area contributed by atoms with Crippen LogP contribution in [-0.2, 0) is 5.41 Å². The third-order valence-corrected chi connectivity index (χ3v) is 11.7. The maximum atomic E-state index is 7.62. The van der Waals surface area contributed by atoms with Gasteiger partial charge in [0.1, 0.15) is 0 Å². The minimum atomic E-state index is -0.686. The number of rotatable bonds is 8. The first-order valence-corrected chi connectivity index (χ1v) is 19.9. The number of benzene rings is 9. The Morgan fingerprint density at radius 1 is 0.293 bits per heavy atom. The van der Waals surface area contributed by atoms with Crippen molar-refractivity contribution in [2.24, 2.45) is 0 Å². The molecule has 0 aliphatic heterocycles. The van der Waals surface area contributed by atoms with E-state index >= 15 is 0 Å². The lowest BCUT2D eigenvalue weighted by Crippen LogP contribution is -2.31. The fraction of sp³-hybridized carbons (Fsp3) is 0.0182. The van der Waals surface area contributed by atoms with Crippen LogP contribution < -0.4 is 9.80 Å². The van der Waals surface area contributed by atoms with E-state index in [4.69, 9.17) is 4.42 Å². The van der Waals surface area contributed by atoms with Crippen molar-refractivity contribution in [2.45, 2.75) is 5.41 Å². The van der Waals surface area contributed by atoms with Crippen molar-refractivity contribution < 1.29 is 4.42 Å². The van der Waals surface area contributed by atoms with Crippen LogP contribution in [0.1, 0.15) is 22.3 Å². The fourth-order valence-corrected chi connectivity index (χ4v) is 9.36. The maximum Gasteiger partial charge on any atom is 0.160 e. The van der Waals surface area contributed by atoms with E-state index in [-0.39, 0.29) is 0 Å². The topological polar surface area (TPSA) is 19.6 Å². The third kappa shape index (κ3) is 5.14. The summed E-state index contributed by atoms with van der Waals surface area (Å²) in [6, 6.07) is 82.7. The molecule has 0 spiro atoms. The lowest BCUT2D eigenvalue weighted by molar-refractivity contribution is 0.667. The number of furan rings is 1. The Morgan fingerprint density at radius 2 is 0.672 bits per heavy atom. The molecular formula is C55H38N2O. The number of nitrogens with zero attached hydrogens (tertiary/aromatic N) is 2. The predicted molar refractivity (Wildman–Crippen MR) is 240 cm³/mol. The van der Waals surface area contributed by atoms with Crippen LogP contribution in [0, 0.1) is 0 Å². The second kappa shape index (κ2) is 13.8.